The molecule has 0 aromatic heterocycles. The van der Waals surface area contributed by atoms with Gasteiger partial charge in [0.2, 0.25) is 0 Å². The Balaban J connectivity index is 1.93. The molecule has 0 aliphatic carbocycles. The highest BCUT2D eigenvalue weighted by atomic mass is 35.5. The Morgan fingerprint density at radius 1 is 1.05 bits per heavy atom. The summed E-state index contributed by atoms with van der Waals surface area (Å²) in [4.78, 5) is 0. The van der Waals surface area contributed by atoms with Crippen LogP contribution in [0, 0.1) is 11.6 Å². The maximum absolute atomic E-state index is 13.9. The Labute approximate surface area is 121 Å². The van der Waals surface area contributed by atoms with E-state index in [0.717, 1.165) is 18.7 Å². The highest BCUT2D eigenvalue weighted by Gasteiger charge is 2.39. The van der Waals surface area contributed by atoms with E-state index in [2.05, 4.69) is 5.32 Å². The molecule has 3 rings (SSSR count). The third-order valence-corrected chi connectivity index (χ3v) is 4.16. The topological polar surface area (TPSA) is 12.0 Å². The SMILES string of the molecule is Fc1ccc(C2(Cc3cc(Cl)ccc3F)CNC2)cc1. The molecule has 104 valence electrons. The molecule has 0 atom stereocenters. The second-order valence-electron chi connectivity index (χ2n) is 5.30. The van der Waals surface area contributed by atoms with Gasteiger partial charge in [0.25, 0.3) is 0 Å². The van der Waals surface area contributed by atoms with Crippen molar-refractivity contribution in [3.63, 3.8) is 0 Å². The van der Waals surface area contributed by atoms with Crippen molar-refractivity contribution in [1.82, 2.24) is 5.32 Å². The number of benzene rings is 2. The van der Waals surface area contributed by atoms with Crippen LogP contribution in [0.5, 0.6) is 0 Å². The predicted molar refractivity (Wildman–Crippen MR) is 76.1 cm³/mol. The summed E-state index contributed by atoms with van der Waals surface area (Å²) in [5.41, 5.74) is 1.44. The summed E-state index contributed by atoms with van der Waals surface area (Å²) >= 11 is 5.94. The van der Waals surface area contributed by atoms with E-state index in [9.17, 15) is 8.78 Å². The highest BCUT2D eigenvalue weighted by Crippen LogP contribution is 2.34. The molecular weight excluding hydrogens is 280 g/mol. The van der Waals surface area contributed by atoms with E-state index in [1.54, 1.807) is 24.3 Å². The Bertz CT molecular complexity index is 621. The van der Waals surface area contributed by atoms with E-state index in [1.807, 2.05) is 0 Å². The second-order valence-corrected chi connectivity index (χ2v) is 5.74. The van der Waals surface area contributed by atoms with Gasteiger partial charge in [-0.1, -0.05) is 23.7 Å². The van der Waals surface area contributed by atoms with Gasteiger partial charge >= 0.3 is 0 Å². The fraction of sp³-hybridized carbons (Fsp3) is 0.250. The zero-order chi connectivity index (χ0) is 14.2. The second kappa shape index (κ2) is 5.15. The van der Waals surface area contributed by atoms with Gasteiger partial charge in [0, 0.05) is 23.5 Å². The molecule has 1 heterocycles. The monoisotopic (exact) mass is 293 g/mol. The van der Waals surface area contributed by atoms with E-state index in [0.29, 0.717) is 17.0 Å². The summed E-state index contributed by atoms with van der Waals surface area (Å²) in [5, 5.41) is 3.75. The maximum Gasteiger partial charge on any atom is 0.126 e. The number of hydrogen-bond acceptors (Lipinski definition) is 1. The maximum atomic E-state index is 13.9. The fourth-order valence-electron chi connectivity index (χ4n) is 2.70. The van der Waals surface area contributed by atoms with Gasteiger partial charge in [-0.3, -0.25) is 0 Å². The lowest BCUT2D eigenvalue weighted by atomic mass is 9.71. The third-order valence-electron chi connectivity index (χ3n) is 3.92. The van der Waals surface area contributed by atoms with E-state index < -0.39 is 0 Å². The molecule has 1 fully saturated rings. The molecular formula is C16H14ClF2N. The predicted octanol–water partition coefficient (Wildman–Crippen LogP) is 3.70. The first-order valence-electron chi connectivity index (χ1n) is 6.50. The van der Waals surface area contributed by atoms with E-state index in [1.165, 1.54) is 18.2 Å². The van der Waals surface area contributed by atoms with Gasteiger partial charge < -0.3 is 5.32 Å². The van der Waals surface area contributed by atoms with Crippen molar-refractivity contribution >= 4 is 11.6 Å². The summed E-state index contributed by atoms with van der Waals surface area (Å²) in [6.07, 6.45) is 0.554. The minimum absolute atomic E-state index is 0.181. The van der Waals surface area contributed by atoms with Gasteiger partial charge in [0.1, 0.15) is 11.6 Å². The van der Waals surface area contributed by atoms with Gasteiger partial charge in [-0.15, -0.1) is 0 Å². The van der Waals surface area contributed by atoms with Gasteiger partial charge in [0.15, 0.2) is 0 Å². The van der Waals surface area contributed by atoms with E-state index in [4.69, 9.17) is 11.6 Å². The minimum Gasteiger partial charge on any atom is -0.315 e. The van der Waals surface area contributed by atoms with Crippen LogP contribution in [0.25, 0.3) is 0 Å². The first-order valence-corrected chi connectivity index (χ1v) is 6.88. The van der Waals surface area contributed by atoms with Crippen molar-refractivity contribution in [1.29, 1.82) is 0 Å². The molecule has 0 saturated carbocycles. The molecule has 2 aromatic rings. The quantitative estimate of drug-likeness (QED) is 0.910. The van der Waals surface area contributed by atoms with Crippen molar-refractivity contribution in [2.75, 3.05) is 13.1 Å². The van der Waals surface area contributed by atoms with Crippen molar-refractivity contribution in [3.05, 3.63) is 70.2 Å². The number of halogens is 3. The zero-order valence-electron chi connectivity index (χ0n) is 10.8. The fourth-order valence-corrected chi connectivity index (χ4v) is 2.90. The van der Waals surface area contributed by atoms with Gasteiger partial charge in [-0.2, -0.15) is 0 Å². The van der Waals surface area contributed by atoms with Crippen LogP contribution in [0.3, 0.4) is 0 Å². The molecule has 0 bridgehead atoms. The lowest BCUT2D eigenvalue weighted by Gasteiger charge is -2.43. The average molecular weight is 294 g/mol. The normalized spacial score (nSPS) is 16.8. The zero-order valence-corrected chi connectivity index (χ0v) is 11.6. The van der Waals surface area contributed by atoms with Crippen LogP contribution in [0.1, 0.15) is 11.1 Å². The number of hydrogen-bond donors (Lipinski definition) is 1. The Morgan fingerprint density at radius 3 is 2.35 bits per heavy atom. The first-order chi connectivity index (χ1) is 9.59. The smallest absolute Gasteiger partial charge is 0.126 e. The molecule has 0 radical (unpaired) electrons. The number of rotatable bonds is 3. The van der Waals surface area contributed by atoms with Crippen LogP contribution < -0.4 is 5.32 Å². The molecule has 1 saturated heterocycles. The van der Waals surface area contributed by atoms with Crippen LogP contribution >= 0.6 is 11.6 Å². The molecule has 1 aliphatic rings. The summed E-state index contributed by atoms with van der Waals surface area (Å²) in [5.74, 6) is -0.507. The molecule has 2 aromatic carbocycles. The molecule has 1 aliphatic heterocycles. The summed E-state index contributed by atoms with van der Waals surface area (Å²) < 4.78 is 26.9. The van der Waals surface area contributed by atoms with Crippen molar-refractivity contribution in [2.24, 2.45) is 0 Å². The Morgan fingerprint density at radius 2 is 1.75 bits per heavy atom. The van der Waals surface area contributed by atoms with Crippen LogP contribution in [0.2, 0.25) is 5.02 Å². The van der Waals surface area contributed by atoms with Crippen molar-refractivity contribution in [2.45, 2.75) is 11.8 Å². The number of nitrogens with one attached hydrogen (secondary N) is 1. The Kier molecular flexibility index (Phi) is 3.48. The van der Waals surface area contributed by atoms with Gasteiger partial charge in [-0.05, 0) is 47.9 Å². The Hall–Kier alpha value is -1.45. The molecule has 20 heavy (non-hydrogen) atoms. The van der Waals surface area contributed by atoms with E-state index in [-0.39, 0.29) is 17.0 Å². The van der Waals surface area contributed by atoms with Crippen LogP contribution in [-0.4, -0.2) is 13.1 Å². The largest absolute Gasteiger partial charge is 0.315 e. The molecule has 1 nitrogen and oxygen atoms in total. The molecule has 1 N–H and O–H groups in total. The lowest BCUT2D eigenvalue weighted by molar-refractivity contribution is 0.272. The van der Waals surface area contributed by atoms with Crippen LogP contribution in [-0.2, 0) is 11.8 Å². The highest BCUT2D eigenvalue weighted by molar-refractivity contribution is 6.30. The van der Waals surface area contributed by atoms with E-state index >= 15 is 0 Å². The first kappa shape index (κ1) is 13.5. The molecule has 0 unspecified atom stereocenters. The standard InChI is InChI=1S/C16H14ClF2N/c17-13-3-6-15(19)11(7-13)8-16(9-20-10-16)12-1-4-14(18)5-2-12/h1-7,20H,8-10H2. The molecule has 0 spiro atoms. The van der Waals surface area contributed by atoms with Crippen molar-refractivity contribution < 1.29 is 8.78 Å². The van der Waals surface area contributed by atoms with Crippen LogP contribution in [0.4, 0.5) is 8.78 Å². The van der Waals surface area contributed by atoms with Gasteiger partial charge in [0.05, 0.1) is 0 Å². The average Bonchev–Trinajstić information content (AvgIpc) is 2.39. The molecule has 4 heteroatoms. The van der Waals surface area contributed by atoms with Crippen LogP contribution in [0.15, 0.2) is 42.5 Å². The summed E-state index contributed by atoms with van der Waals surface area (Å²) in [7, 11) is 0. The van der Waals surface area contributed by atoms with Gasteiger partial charge in [-0.25, -0.2) is 8.78 Å². The summed E-state index contributed by atoms with van der Waals surface area (Å²) in [6.45, 7) is 1.51. The summed E-state index contributed by atoms with van der Waals surface area (Å²) in [6, 6.07) is 11.1. The molecule has 0 amide bonds. The third kappa shape index (κ3) is 2.43. The minimum atomic E-state index is -0.259. The van der Waals surface area contributed by atoms with Crippen molar-refractivity contribution in [3.8, 4) is 0 Å². The lowest BCUT2D eigenvalue weighted by Crippen LogP contribution is -2.58.